The van der Waals surface area contributed by atoms with E-state index in [9.17, 15) is 0 Å². The molecule has 76 heavy (non-hydrogen) atoms. The maximum Gasteiger partial charge on any atom is 0.159 e. The number of hydrogen-bond donors (Lipinski definition) is 0. The summed E-state index contributed by atoms with van der Waals surface area (Å²) >= 11 is 0. The molecule has 4 nitrogen and oxygen atoms in total. The number of hydrogen-bond acceptors (Lipinski definition) is 4. The summed E-state index contributed by atoms with van der Waals surface area (Å²) in [4.78, 5) is 4.95. The summed E-state index contributed by atoms with van der Waals surface area (Å²) in [7, 11) is 0. The summed E-state index contributed by atoms with van der Waals surface area (Å²) < 4.78 is 14.0. The van der Waals surface area contributed by atoms with Crippen LogP contribution >= 0.6 is 0 Å². The maximum atomic E-state index is 7.07. The van der Waals surface area contributed by atoms with Crippen LogP contribution in [-0.4, -0.2) is 6.10 Å². The number of nitrogens with zero attached hydrogens (tertiary/aromatic N) is 2. The van der Waals surface area contributed by atoms with Crippen molar-refractivity contribution in [2.75, 3.05) is 9.80 Å². The molecule has 1 aliphatic heterocycles. The molecule has 2 unspecified atom stereocenters. The van der Waals surface area contributed by atoms with Gasteiger partial charge in [-0.25, -0.2) is 0 Å². The van der Waals surface area contributed by atoms with E-state index in [0.717, 1.165) is 85.4 Å². The Morgan fingerprint density at radius 3 is 1.54 bits per heavy atom. The number of benzene rings is 11. The van der Waals surface area contributed by atoms with E-state index in [1.54, 1.807) is 0 Å². The number of fused-ring (bicyclic) bond motifs is 6. The Balaban J connectivity index is 1.14. The summed E-state index contributed by atoms with van der Waals surface area (Å²) in [5, 5.41) is 9.36. The zero-order valence-electron chi connectivity index (χ0n) is 43.9. The SMILES string of the molecule is CCc1ccc(-c2cc(N(c3ccc(C)c(C)c3)c3cccc4c3OC3C=CC=CC43)c3ccc4c(-c5ccc(CC)cc5)cc(N(c5ccc(C)c(C)c5)c5cccc6c5oc5ccccc56)c5ccc2c3c45)cc1. The molecule has 0 bridgehead atoms. The fourth-order valence-corrected chi connectivity index (χ4v) is 12.3. The van der Waals surface area contributed by atoms with Crippen molar-refractivity contribution in [2.24, 2.45) is 0 Å². The van der Waals surface area contributed by atoms with Gasteiger partial charge in [0.25, 0.3) is 0 Å². The van der Waals surface area contributed by atoms with Gasteiger partial charge in [-0.05, 0) is 168 Å². The molecule has 2 aliphatic rings. The highest BCUT2D eigenvalue weighted by molar-refractivity contribution is 6.32. The Kier molecular flexibility index (Phi) is 10.8. The van der Waals surface area contributed by atoms with E-state index in [0.29, 0.717) is 0 Å². The highest BCUT2D eigenvalue weighted by Gasteiger charge is 2.36. The van der Waals surface area contributed by atoms with Crippen LogP contribution in [0.15, 0.2) is 211 Å². The molecule has 0 fully saturated rings. The third-order valence-electron chi connectivity index (χ3n) is 16.8. The summed E-state index contributed by atoms with van der Waals surface area (Å²) in [5.41, 5.74) is 21.6. The molecule has 0 N–H and O–H groups in total. The van der Waals surface area contributed by atoms with E-state index in [1.807, 2.05) is 0 Å². The lowest BCUT2D eigenvalue weighted by Crippen LogP contribution is -2.16. The van der Waals surface area contributed by atoms with Crippen molar-refractivity contribution in [3.05, 3.63) is 245 Å². The number of para-hydroxylation sites is 3. The quantitative estimate of drug-likeness (QED) is 0.128. The minimum Gasteiger partial charge on any atom is -0.483 e. The van der Waals surface area contributed by atoms with Crippen molar-refractivity contribution in [2.45, 2.75) is 66.4 Å². The molecular weight excluding hydrogens is 925 g/mol. The van der Waals surface area contributed by atoms with Crippen LogP contribution < -0.4 is 14.5 Å². The molecule has 368 valence electrons. The fourth-order valence-electron chi connectivity index (χ4n) is 12.3. The molecule has 0 spiro atoms. The summed E-state index contributed by atoms with van der Waals surface area (Å²) in [6, 6.07) is 68.4. The molecule has 2 atom stereocenters. The van der Waals surface area contributed by atoms with Gasteiger partial charge in [0, 0.05) is 55.2 Å². The van der Waals surface area contributed by atoms with Crippen LogP contribution in [-0.2, 0) is 12.8 Å². The molecular formula is C72H58N2O2. The second kappa shape index (κ2) is 17.9. The highest BCUT2D eigenvalue weighted by Crippen LogP contribution is 2.56. The Morgan fingerprint density at radius 2 is 0.947 bits per heavy atom. The molecule has 4 heteroatoms. The standard InChI is InChI=1S/C72H58N2O2/c1-7-47-25-29-49(30-26-47)61-41-65(73(51-33-23-43(3)45(5)39-51)63-19-13-17-57-53-15-9-11-21-67(53)75-71(57)63)59-38-36-56-62(50-31-27-48(8-2)28-32-50)42-66(60-37-35-55(61)69(59)70(56)60)74(52-34-24-44(4)46(6)40-52)64-20-14-18-58-54-16-10-12-22-68(54)76-72(58)64/h9-42,53,67H,7-8H2,1-6H3. The van der Waals surface area contributed by atoms with Crippen LogP contribution in [0, 0.1) is 27.7 Å². The van der Waals surface area contributed by atoms with Gasteiger partial charge in [0.15, 0.2) is 5.58 Å². The van der Waals surface area contributed by atoms with Crippen molar-refractivity contribution in [3.8, 4) is 28.0 Å². The minimum atomic E-state index is -0.0642. The zero-order chi connectivity index (χ0) is 51.3. The van der Waals surface area contributed by atoms with Gasteiger partial charge >= 0.3 is 0 Å². The van der Waals surface area contributed by atoms with Crippen LogP contribution in [0.25, 0.3) is 76.5 Å². The molecule has 1 aliphatic carbocycles. The molecule has 12 aromatic rings. The Morgan fingerprint density at radius 1 is 0.421 bits per heavy atom. The first-order valence-corrected chi connectivity index (χ1v) is 27.0. The lowest BCUT2D eigenvalue weighted by Gasteiger charge is -2.32. The van der Waals surface area contributed by atoms with Crippen LogP contribution in [0.5, 0.6) is 5.75 Å². The molecule has 11 aromatic carbocycles. The zero-order valence-corrected chi connectivity index (χ0v) is 43.9. The van der Waals surface area contributed by atoms with Gasteiger partial charge in [-0.1, -0.05) is 159 Å². The van der Waals surface area contributed by atoms with E-state index in [1.165, 1.54) is 82.7 Å². The Labute approximate surface area is 444 Å². The number of aryl methyl sites for hydroxylation is 6. The molecule has 0 saturated carbocycles. The molecule has 0 radical (unpaired) electrons. The van der Waals surface area contributed by atoms with E-state index < -0.39 is 0 Å². The minimum absolute atomic E-state index is 0.0642. The van der Waals surface area contributed by atoms with E-state index >= 15 is 0 Å². The Hall–Kier alpha value is -8.86. The number of allylic oxidation sites excluding steroid dienone is 2. The van der Waals surface area contributed by atoms with Gasteiger partial charge < -0.3 is 19.0 Å². The average Bonchev–Trinajstić information content (AvgIpc) is 4.10. The van der Waals surface area contributed by atoms with Crippen molar-refractivity contribution < 1.29 is 9.15 Å². The van der Waals surface area contributed by atoms with E-state index in [4.69, 9.17) is 9.15 Å². The summed E-state index contributed by atoms with van der Waals surface area (Å²) in [6.07, 6.45) is 10.6. The predicted octanol–water partition coefficient (Wildman–Crippen LogP) is 20.1. The van der Waals surface area contributed by atoms with Crippen molar-refractivity contribution >= 4 is 88.4 Å². The summed E-state index contributed by atoms with van der Waals surface area (Å²) in [6.45, 7) is 13.3. The third-order valence-corrected chi connectivity index (χ3v) is 16.8. The van der Waals surface area contributed by atoms with E-state index in [-0.39, 0.29) is 12.0 Å². The van der Waals surface area contributed by atoms with Crippen molar-refractivity contribution in [1.29, 1.82) is 0 Å². The van der Waals surface area contributed by atoms with Crippen molar-refractivity contribution in [1.82, 2.24) is 0 Å². The largest absolute Gasteiger partial charge is 0.483 e. The second-order valence-corrected chi connectivity index (χ2v) is 21.1. The van der Waals surface area contributed by atoms with Crippen LogP contribution in [0.1, 0.15) is 58.7 Å². The highest BCUT2D eigenvalue weighted by atomic mass is 16.5. The number of furan rings is 1. The fraction of sp³-hybridized carbons (Fsp3) is 0.139. The maximum absolute atomic E-state index is 7.07. The topological polar surface area (TPSA) is 28.9 Å². The van der Waals surface area contributed by atoms with Gasteiger partial charge in [0.1, 0.15) is 17.4 Å². The lowest BCUT2D eigenvalue weighted by atomic mass is 9.85. The van der Waals surface area contributed by atoms with Crippen LogP contribution in [0.2, 0.25) is 0 Å². The molecule has 0 amide bonds. The molecule has 2 heterocycles. The summed E-state index contributed by atoms with van der Waals surface area (Å²) in [5.74, 6) is 1.07. The average molecular weight is 983 g/mol. The molecule has 0 saturated heterocycles. The number of ether oxygens (including phenoxy) is 1. The first-order valence-electron chi connectivity index (χ1n) is 27.0. The molecule has 1 aromatic heterocycles. The first-order chi connectivity index (χ1) is 37.2. The van der Waals surface area contributed by atoms with Crippen molar-refractivity contribution in [3.63, 3.8) is 0 Å². The third kappa shape index (κ3) is 7.18. The van der Waals surface area contributed by atoms with Gasteiger partial charge in [-0.15, -0.1) is 0 Å². The van der Waals surface area contributed by atoms with Crippen LogP contribution in [0.3, 0.4) is 0 Å². The molecule has 14 rings (SSSR count). The van der Waals surface area contributed by atoms with Gasteiger partial charge in [-0.3, -0.25) is 0 Å². The van der Waals surface area contributed by atoms with Gasteiger partial charge in [0.2, 0.25) is 0 Å². The normalized spacial score (nSPS) is 14.8. The number of rotatable bonds is 10. The first kappa shape index (κ1) is 45.7. The monoisotopic (exact) mass is 982 g/mol. The Bertz CT molecular complexity index is 4350. The second-order valence-electron chi connectivity index (χ2n) is 21.1. The lowest BCUT2D eigenvalue weighted by molar-refractivity contribution is 0.269. The smallest absolute Gasteiger partial charge is 0.159 e. The van der Waals surface area contributed by atoms with E-state index in [2.05, 4.69) is 258 Å². The predicted molar refractivity (Wildman–Crippen MR) is 321 cm³/mol. The van der Waals surface area contributed by atoms with Gasteiger partial charge in [-0.2, -0.15) is 0 Å². The number of anilines is 6. The van der Waals surface area contributed by atoms with Crippen LogP contribution in [0.4, 0.5) is 34.1 Å². The van der Waals surface area contributed by atoms with Gasteiger partial charge in [0.05, 0.1) is 22.7 Å².